The molecule has 1 aromatic rings. The molecule has 4 fully saturated rings. The van der Waals surface area contributed by atoms with Crippen molar-refractivity contribution in [2.24, 2.45) is 11.8 Å². The van der Waals surface area contributed by atoms with E-state index in [-0.39, 0.29) is 17.0 Å². The number of rotatable bonds is 11. The Labute approximate surface area is 194 Å². The maximum Gasteiger partial charge on any atom is 0.237 e. The molecule has 2 unspecified atom stereocenters. The van der Waals surface area contributed by atoms with Crippen LogP contribution in [0.15, 0.2) is 24.3 Å². The van der Waals surface area contributed by atoms with Crippen molar-refractivity contribution in [3.05, 3.63) is 35.4 Å². The second-order valence-corrected chi connectivity index (χ2v) is 11.4. The molecule has 2 atom stereocenters. The molecule has 1 heterocycles. The van der Waals surface area contributed by atoms with Crippen molar-refractivity contribution in [2.45, 2.75) is 108 Å². The van der Waals surface area contributed by atoms with Gasteiger partial charge in [0.05, 0.1) is 12.1 Å². The van der Waals surface area contributed by atoms with E-state index < -0.39 is 0 Å². The van der Waals surface area contributed by atoms with Crippen LogP contribution in [0.2, 0.25) is 0 Å². The van der Waals surface area contributed by atoms with Crippen molar-refractivity contribution in [1.82, 2.24) is 10.2 Å². The summed E-state index contributed by atoms with van der Waals surface area (Å²) in [6.45, 7) is 5.20. The number of nitrogens with zero attached hydrogens (tertiary/aromatic N) is 1. The first-order valence-corrected chi connectivity index (χ1v) is 13.3. The van der Waals surface area contributed by atoms with Crippen LogP contribution in [-0.2, 0) is 22.6 Å². The summed E-state index contributed by atoms with van der Waals surface area (Å²) in [6, 6.07) is 8.45. The Bertz CT molecular complexity index is 767. The van der Waals surface area contributed by atoms with Crippen LogP contribution in [-0.4, -0.2) is 35.1 Å². The molecule has 1 N–H and O–H groups in total. The van der Waals surface area contributed by atoms with Gasteiger partial charge in [-0.05, 0) is 67.9 Å². The van der Waals surface area contributed by atoms with Gasteiger partial charge >= 0.3 is 0 Å². The Balaban J connectivity index is 1.13. The average molecular weight is 439 g/mol. The maximum atomic E-state index is 13.0. The van der Waals surface area contributed by atoms with Crippen LogP contribution >= 0.6 is 0 Å². The highest BCUT2D eigenvalue weighted by Crippen LogP contribution is 2.58. The van der Waals surface area contributed by atoms with E-state index in [2.05, 4.69) is 36.5 Å². The largest absolute Gasteiger partial charge is 0.375 e. The molecule has 4 aliphatic carbocycles. The van der Waals surface area contributed by atoms with Crippen molar-refractivity contribution in [3.8, 4) is 0 Å². The second-order valence-electron chi connectivity index (χ2n) is 11.4. The lowest BCUT2D eigenvalue weighted by Gasteiger charge is -2.62. The molecule has 1 aromatic carbocycles. The zero-order valence-corrected chi connectivity index (χ0v) is 20.0. The quantitative estimate of drug-likeness (QED) is 0.458. The third kappa shape index (κ3) is 4.77. The molecule has 0 aromatic heterocycles. The number of carbonyl (C=O) groups is 1. The lowest BCUT2D eigenvalue weighted by atomic mass is 9.51. The number of hydrogen-bond donors (Lipinski definition) is 1. The van der Waals surface area contributed by atoms with Gasteiger partial charge in [0.2, 0.25) is 5.91 Å². The van der Waals surface area contributed by atoms with Gasteiger partial charge in [-0.1, -0.05) is 63.3 Å². The van der Waals surface area contributed by atoms with Crippen molar-refractivity contribution >= 4 is 5.91 Å². The Morgan fingerprint density at radius 2 is 1.66 bits per heavy atom. The number of carbonyl (C=O) groups excluding carboxylic acids is 1. The van der Waals surface area contributed by atoms with Gasteiger partial charge in [0.25, 0.3) is 0 Å². The number of hydrogen-bond acceptors (Lipinski definition) is 3. The molecule has 0 radical (unpaired) electrons. The molecule has 0 saturated heterocycles. The molecular formula is C28H42N2O2. The summed E-state index contributed by atoms with van der Waals surface area (Å²) >= 11 is 0. The molecule has 6 rings (SSSR count). The van der Waals surface area contributed by atoms with Crippen molar-refractivity contribution in [2.75, 3.05) is 13.2 Å². The molecule has 32 heavy (non-hydrogen) atoms. The molecule has 176 valence electrons. The first-order valence-electron chi connectivity index (χ1n) is 13.3. The van der Waals surface area contributed by atoms with Gasteiger partial charge in [-0.15, -0.1) is 0 Å². The lowest BCUT2D eigenvalue weighted by Crippen LogP contribution is -2.66. The zero-order valence-electron chi connectivity index (χ0n) is 20.0. The fraction of sp³-hybridized carbons (Fsp3) is 0.750. The molecule has 4 bridgehead atoms. The van der Waals surface area contributed by atoms with E-state index in [0.29, 0.717) is 6.54 Å². The minimum atomic E-state index is 0.0768. The number of nitrogens with one attached hydrogen (secondary N) is 1. The van der Waals surface area contributed by atoms with E-state index in [0.717, 1.165) is 38.0 Å². The topological polar surface area (TPSA) is 41.6 Å². The summed E-state index contributed by atoms with van der Waals surface area (Å²) in [7, 11) is 0. The number of fused-ring (bicyclic) bond motifs is 1. The zero-order chi connectivity index (χ0) is 22.0. The second kappa shape index (κ2) is 9.46. The molecule has 4 saturated carbocycles. The average Bonchev–Trinajstić information content (AvgIpc) is 3.20. The van der Waals surface area contributed by atoms with Crippen molar-refractivity contribution in [1.29, 1.82) is 0 Å². The third-order valence-corrected chi connectivity index (χ3v) is 8.72. The van der Waals surface area contributed by atoms with Crippen LogP contribution in [0.3, 0.4) is 0 Å². The van der Waals surface area contributed by atoms with E-state index in [4.69, 9.17) is 4.74 Å². The normalized spacial score (nSPS) is 32.5. The molecule has 4 heteroatoms. The molecule has 1 aliphatic heterocycles. The number of amides is 1. The van der Waals surface area contributed by atoms with Crippen LogP contribution < -0.4 is 5.32 Å². The van der Waals surface area contributed by atoms with Gasteiger partial charge in [-0.25, -0.2) is 0 Å². The van der Waals surface area contributed by atoms with E-state index in [1.807, 2.05) is 4.90 Å². The fourth-order valence-corrected chi connectivity index (χ4v) is 7.61. The maximum absolute atomic E-state index is 13.0. The minimum Gasteiger partial charge on any atom is -0.375 e. The van der Waals surface area contributed by atoms with E-state index >= 15 is 0 Å². The number of unbranched alkanes of at least 4 members (excludes halogenated alkanes) is 5. The van der Waals surface area contributed by atoms with Gasteiger partial charge in [-0.3, -0.25) is 4.79 Å². The fourth-order valence-electron chi connectivity index (χ4n) is 7.61. The standard InChI is InChI=1S/C28H42N2O2/c1-2-3-4-5-6-9-12-32-28-16-22-13-23(17-28)15-27(14-22,21-28)29-18-26(31)30-19-24-10-7-8-11-25(24)20-30/h7-8,10-11,22-23,29H,2-6,9,12-21H2,1H3. The van der Waals surface area contributed by atoms with Crippen LogP contribution in [0, 0.1) is 11.8 Å². The Hall–Kier alpha value is -1.39. The summed E-state index contributed by atoms with van der Waals surface area (Å²) in [5.74, 6) is 1.80. The summed E-state index contributed by atoms with van der Waals surface area (Å²) in [4.78, 5) is 15.1. The SMILES string of the molecule is CCCCCCCCOC12CC3CC(CC(NCC(=O)N4Cc5ccccc5C4)(C3)C1)C2. The van der Waals surface area contributed by atoms with E-state index in [9.17, 15) is 4.79 Å². The molecule has 4 nitrogen and oxygen atoms in total. The third-order valence-electron chi connectivity index (χ3n) is 8.72. The molecular weight excluding hydrogens is 396 g/mol. The highest BCUT2D eigenvalue weighted by atomic mass is 16.5. The first-order chi connectivity index (χ1) is 15.6. The summed E-state index contributed by atoms with van der Waals surface area (Å²) in [6.07, 6.45) is 15.4. The predicted molar refractivity (Wildman–Crippen MR) is 128 cm³/mol. The van der Waals surface area contributed by atoms with Gasteiger partial charge in [0.15, 0.2) is 0 Å². The number of benzene rings is 1. The summed E-state index contributed by atoms with van der Waals surface area (Å²) < 4.78 is 6.69. The van der Waals surface area contributed by atoms with Crippen molar-refractivity contribution < 1.29 is 9.53 Å². The lowest BCUT2D eigenvalue weighted by molar-refractivity contribution is -0.177. The van der Waals surface area contributed by atoms with Gasteiger partial charge in [0, 0.05) is 25.2 Å². The summed E-state index contributed by atoms with van der Waals surface area (Å²) in [5, 5.41) is 3.81. The first kappa shape index (κ1) is 22.4. The number of ether oxygens (including phenoxy) is 1. The molecule has 5 aliphatic rings. The van der Waals surface area contributed by atoms with E-state index in [1.54, 1.807) is 0 Å². The van der Waals surface area contributed by atoms with Gasteiger partial charge in [0.1, 0.15) is 0 Å². The van der Waals surface area contributed by atoms with Gasteiger partial charge in [-0.2, -0.15) is 0 Å². The smallest absolute Gasteiger partial charge is 0.237 e. The van der Waals surface area contributed by atoms with E-state index in [1.165, 1.54) is 81.8 Å². The Kier molecular flexibility index (Phi) is 6.63. The Morgan fingerprint density at radius 1 is 1.00 bits per heavy atom. The van der Waals surface area contributed by atoms with Crippen molar-refractivity contribution in [3.63, 3.8) is 0 Å². The Morgan fingerprint density at radius 3 is 2.34 bits per heavy atom. The molecule has 0 spiro atoms. The van der Waals surface area contributed by atoms with Crippen LogP contribution in [0.25, 0.3) is 0 Å². The van der Waals surface area contributed by atoms with Gasteiger partial charge < -0.3 is 15.0 Å². The molecule has 1 amide bonds. The minimum absolute atomic E-state index is 0.0768. The van der Waals surface area contributed by atoms with Crippen LogP contribution in [0.1, 0.15) is 95.1 Å². The highest BCUT2D eigenvalue weighted by Gasteiger charge is 2.58. The predicted octanol–water partition coefficient (Wildman–Crippen LogP) is 5.59. The highest BCUT2D eigenvalue weighted by molar-refractivity contribution is 5.79. The monoisotopic (exact) mass is 438 g/mol. The van der Waals surface area contributed by atoms with Crippen LogP contribution in [0.5, 0.6) is 0 Å². The van der Waals surface area contributed by atoms with Crippen LogP contribution in [0.4, 0.5) is 0 Å². The summed E-state index contributed by atoms with van der Waals surface area (Å²) in [5.41, 5.74) is 2.80.